The number of rotatable bonds is 2. The van der Waals surface area contributed by atoms with Crippen LogP contribution in [0.2, 0.25) is 0 Å². The smallest absolute Gasteiger partial charge is 0.388 e. The minimum atomic E-state index is -5.14. The molecule has 0 radical (unpaired) electrons. The number of fused-ring (bicyclic) bond motifs is 5. The van der Waals surface area contributed by atoms with E-state index in [0.717, 1.165) is 17.2 Å². The van der Waals surface area contributed by atoms with Crippen molar-refractivity contribution in [1.29, 1.82) is 0 Å². The Morgan fingerprint density at radius 3 is 2.12 bits per heavy atom. The van der Waals surface area contributed by atoms with Crippen LogP contribution in [0.3, 0.4) is 0 Å². The van der Waals surface area contributed by atoms with E-state index in [9.17, 15) is 24.0 Å². The van der Waals surface area contributed by atoms with Gasteiger partial charge in [-0.25, -0.2) is 43.4 Å². The topological polar surface area (TPSA) is 280 Å². The lowest BCUT2D eigenvalue weighted by Gasteiger charge is -2.28. The maximum absolute atomic E-state index is 15.9. The summed E-state index contributed by atoms with van der Waals surface area (Å²) in [5.41, 5.74) is 12.3. The lowest BCUT2D eigenvalue weighted by Crippen LogP contribution is -2.37. The first-order chi connectivity index (χ1) is 20.4. The van der Waals surface area contributed by atoms with Gasteiger partial charge >= 0.3 is 15.6 Å². The highest BCUT2D eigenvalue weighted by Gasteiger charge is 2.55. The molecule has 20 nitrogen and oxygen atoms in total. The molecule has 7 N–H and O–H groups in total. The van der Waals surface area contributed by atoms with Crippen LogP contribution in [0.1, 0.15) is 18.7 Å². The van der Waals surface area contributed by atoms with Gasteiger partial charge in [-0.3, -0.25) is 22.7 Å². The van der Waals surface area contributed by atoms with Gasteiger partial charge in [0.2, 0.25) is 0 Å². The third-order valence-corrected chi connectivity index (χ3v) is 9.46. The van der Waals surface area contributed by atoms with E-state index in [1.807, 2.05) is 0 Å². The molecule has 1 aliphatic carbocycles. The van der Waals surface area contributed by atoms with Crippen LogP contribution < -0.4 is 11.5 Å². The minimum Gasteiger partial charge on any atom is -0.388 e. The number of nitrogen functional groups attached to an aromatic ring is 2. The van der Waals surface area contributed by atoms with Crippen molar-refractivity contribution in [2.24, 2.45) is 0 Å². The molecule has 3 fully saturated rings. The van der Waals surface area contributed by atoms with Gasteiger partial charge in [-0.15, -0.1) is 0 Å². The molecule has 43 heavy (non-hydrogen) atoms. The molecular formula is C20H23FN10O10P2. The summed E-state index contributed by atoms with van der Waals surface area (Å²) >= 11 is 0. The molecule has 6 heterocycles. The first kappa shape index (κ1) is 28.5. The Morgan fingerprint density at radius 1 is 0.837 bits per heavy atom. The van der Waals surface area contributed by atoms with E-state index >= 15 is 4.39 Å². The molecular weight excluding hydrogens is 621 g/mol. The molecule has 23 heteroatoms. The number of ether oxygens (including phenoxy) is 1. The van der Waals surface area contributed by atoms with Crippen LogP contribution in [-0.2, 0) is 32.0 Å². The van der Waals surface area contributed by atoms with Crippen LogP contribution in [0, 0.1) is 0 Å². The average molecular weight is 644 g/mol. The first-order valence-electron chi connectivity index (χ1n) is 12.6. The summed E-state index contributed by atoms with van der Waals surface area (Å²) in [6.07, 6.45) is -7.44. The molecule has 10 atom stereocenters. The molecule has 2 unspecified atom stereocenters. The van der Waals surface area contributed by atoms with Gasteiger partial charge in [0.15, 0.2) is 35.3 Å². The van der Waals surface area contributed by atoms with Crippen LogP contribution in [0.5, 0.6) is 0 Å². The maximum Gasteiger partial charge on any atom is 0.473 e. The molecule has 2 aliphatic heterocycles. The second kappa shape index (κ2) is 10.2. The quantitative estimate of drug-likeness (QED) is 0.176. The zero-order valence-electron chi connectivity index (χ0n) is 21.5. The maximum atomic E-state index is 15.9. The van der Waals surface area contributed by atoms with E-state index in [0.29, 0.717) is 0 Å². The molecule has 4 aromatic heterocycles. The van der Waals surface area contributed by atoms with E-state index in [-0.39, 0.29) is 40.4 Å². The summed E-state index contributed by atoms with van der Waals surface area (Å²) in [6, 6.07) is -1.03. The highest BCUT2D eigenvalue weighted by molar-refractivity contribution is 7.47. The Morgan fingerprint density at radius 2 is 1.44 bits per heavy atom. The van der Waals surface area contributed by atoms with Crippen molar-refractivity contribution >= 4 is 49.6 Å². The Balaban J connectivity index is 1.21. The van der Waals surface area contributed by atoms with Gasteiger partial charge in [0.1, 0.15) is 54.2 Å². The highest BCUT2D eigenvalue weighted by atomic mass is 31.2. The summed E-state index contributed by atoms with van der Waals surface area (Å²) in [5, 5.41) is 11.0. The number of hydrogen-bond donors (Lipinski definition) is 5. The van der Waals surface area contributed by atoms with E-state index in [1.165, 1.54) is 17.2 Å². The number of aromatic nitrogens is 8. The molecule has 1 saturated carbocycles. The summed E-state index contributed by atoms with van der Waals surface area (Å²) < 4.78 is 71.5. The van der Waals surface area contributed by atoms with Crippen molar-refractivity contribution in [2.45, 2.75) is 55.4 Å². The predicted octanol–water partition coefficient (Wildman–Crippen LogP) is -0.242. The Kier molecular flexibility index (Phi) is 6.74. The van der Waals surface area contributed by atoms with Gasteiger partial charge in [-0.05, 0) is 0 Å². The summed E-state index contributed by atoms with van der Waals surface area (Å²) in [4.78, 5) is 45.4. The van der Waals surface area contributed by atoms with E-state index in [2.05, 4.69) is 29.9 Å². The van der Waals surface area contributed by atoms with Gasteiger partial charge in [-0.2, -0.15) is 0 Å². The van der Waals surface area contributed by atoms with Crippen molar-refractivity contribution in [1.82, 2.24) is 39.0 Å². The van der Waals surface area contributed by atoms with Gasteiger partial charge in [0.05, 0.1) is 25.3 Å². The van der Waals surface area contributed by atoms with E-state index in [4.69, 9.17) is 34.3 Å². The second-order valence-corrected chi connectivity index (χ2v) is 12.8. The average Bonchev–Trinajstić information content (AvgIpc) is 3.70. The Hall–Kier alpha value is -3.23. The second-order valence-electron chi connectivity index (χ2n) is 9.99. The standard InChI is InChI=1S/C20H23FN10O10P2/c21-10-15-9(38-20(10)31-6-29-12-17(23)25-4-27-19(12)31)2-37-42(33,34)40-14-7(1-8(13(14)32)39-43(35,36)41-15)30-5-28-11-16(22)24-3-26-18(11)30/h3-10,13-15,20,32H,1-2H2,(H,33,34)(H,35,36)(H2,22,24,26)(H2,23,25,27)/t7-,8+,9-,10-,13-,14+,15-,20-/m1/s1. The third-order valence-electron chi connectivity index (χ3n) is 7.42. The number of alkyl halides is 1. The van der Waals surface area contributed by atoms with Gasteiger partial charge in [0.25, 0.3) is 0 Å². The normalized spacial score (nSPS) is 38.6. The Bertz CT molecular complexity index is 1810. The fraction of sp³-hybridized carbons (Fsp3) is 0.500. The van der Waals surface area contributed by atoms with Crippen LogP contribution in [0.25, 0.3) is 22.3 Å². The number of phosphoric ester groups is 2. The SMILES string of the molecule is Nc1ncnc2c1ncn2[C@@H]1C[C@@H]2OP(=O)(O)O[C@H]3[C@@H](F)[C@H](n4cnc5c(N)ncnc54)O[C@@H]3COP(=O)(O)O[C@@H]1[C@@H]2O. The summed E-state index contributed by atoms with van der Waals surface area (Å²) in [7, 11) is -10.2. The molecule has 0 amide bonds. The number of nitrogens with zero attached hydrogens (tertiary/aromatic N) is 8. The molecule has 0 aromatic carbocycles. The van der Waals surface area contributed by atoms with Crippen LogP contribution >= 0.6 is 15.6 Å². The van der Waals surface area contributed by atoms with Crippen LogP contribution in [0.4, 0.5) is 16.0 Å². The number of hydrogen-bond acceptors (Lipinski definition) is 16. The number of imidazole rings is 2. The zero-order valence-corrected chi connectivity index (χ0v) is 23.3. The lowest BCUT2D eigenvalue weighted by molar-refractivity contribution is -0.0663. The summed E-state index contributed by atoms with van der Waals surface area (Å²) in [5.74, 6) is 0.0643. The van der Waals surface area contributed by atoms with Gasteiger partial charge in [0, 0.05) is 6.42 Å². The Labute approximate surface area is 239 Å². The number of anilines is 2. The largest absolute Gasteiger partial charge is 0.473 e. The number of aliphatic hydroxyl groups excluding tert-OH is 1. The predicted molar refractivity (Wildman–Crippen MR) is 138 cm³/mol. The van der Waals surface area contributed by atoms with Gasteiger partial charge < -0.3 is 35.7 Å². The van der Waals surface area contributed by atoms with E-state index in [1.54, 1.807) is 0 Å². The molecule has 2 bridgehead atoms. The highest BCUT2D eigenvalue weighted by Crippen LogP contribution is 2.56. The molecule has 230 valence electrons. The van der Waals surface area contributed by atoms with Crippen LogP contribution in [-0.4, -0.2) is 97.2 Å². The first-order valence-corrected chi connectivity index (χ1v) is 15.6. The van der Waals surface area contributed by atoms with Crippen molar-refractivity contribution in [3.8, 4) is 0 Å². The van der Waals surface area contributed by atoms with Gasteiger partial charge in [-0.1, -0.05) is 0 Å². The van der Waals surface area contributed by atoms with Crippen molar-refractivity contribution < 1.29 is 51.2 Å². The summed E-state index contributed by atoms with van der Waals surface area (Å²) in [6.45, 7) is -0.839. The van der Waals surface area contributed by atoms with Crippen molar-refractivity contribution in [3.63, 3.8) is 0 Å². The molecule has 3 aliphatic rings. The molecule has 2 saturated heterocycles. The molecule has 4 aromatic rings. The number of nitrogens with two attached hydrogens (primary N) is 2. The van der Waals surface area contributed by atoms with Crippen LogP contribution in [0.15, 0.2) is 25.3 Å². The van der Waals surface area contributed by atoms with Crippen molar-refractivity contribution in [2.75, 3.05) is 18.1 Å². The monoisotopic (exact) mass is 644 g/mol. The number of aliphatic hydroxyl groups is 1. The third kappa shape index (κ3) is 4.87. The van der Waals surface area contributed by atoms with E-state index < -0.39 is 71.2 Å². The zero-order chi connectivity index (χ0) is 30.3. The number of halogens is 1. The fourth-order valence-electron chi connectivity index (χ4n) is 5.51. The minimum absolute atomic E-state index is 0.0152. The molecule has 7 rings (SSSR count). The lowest BCUT2D eigenvalue weighted by atomic mass is 10.1. The fourth-order valence-corrected chi connectivity index (χ4v) is 7.64. The molecule has 0 spiro atoms. The number of phosphoric acid groups is 2. The van der Waals surface area contributed by atoms with Crippen molar-refractivity contribution in [3.05, 3.63) is 25.3 Å².